The zero-order chi connectivity index (χ0) is 41.7. The number of nitrogens with two attached hydrogens (primary N) is 1. The molecular weight excluding hydrogens is 754 g/mol. The molecule has 320 valence electrons. The maximum Gasteiger partial charge on any atom is 0.339 e. The van der Waals surface area contributed by atoms with E-state index in [0.717, 1.165) is 25.5 Å². The molecular formula is C37H58N5O15+. The molecule has 0 radical (unpaired) electrons. The summed E-state index contributed by atoms with van der Waals surface area (Å²) in [5.41, 5.74) is 6.51. The van der Waals surface area contributed by atoms with Gasteiger partial charge in [-0.2, -0.15) is 0 Å². The van der Waals surface area contributed by atoms with Crippen molar-refractivity contribution in [3.05, 3.63) is 59.7 Å². The standard InChI is InChI=1S/C37H57N5O15/c1-3-23-24(11-10-21-16-42(13-15-44)17-25(32(48)49)29(21)41-36(38)40-12-7-14-43)26(33(50)54-22-8-5-4-6-9-22)20-53-34(23)57-35-31(56-28(19-46)39-2)37(51,52)30(47)27(18-45)55-35/h3,10-11,16,20,22-24,27-28,30-31,34-35,39,43-47,51-52H,1,4-9,12-15,17-19H2,2H3,(H,48,49)(H3,38,40,41)/p+1. The van der Waals surface area contributed by atoms with Crippen LogP contribution in [0.25, 0.3) is 0 Å². The molecule has 57 heavy (non-hydrogen) atoms. The summed E-state index contributed by atoms with van der Waals surface area (Å²) in [7, 11) is 1.43. The zero-order valence-electron chi connectivity index (χ0n) is 31.9. The Kier molecular flexibility index (Phi) is 17.6. The van der Waals surface area contributed by atoms with Gasteiger partial charge in [0.2, 0.25) is 12.1 Å². The van der Waals surface area contributed by atoms with Crippen molar-refractivity contribution in [3.8, 4) is 0 Å². The smallest absolute Gasteiger partial charge is 0.339 e. The highest BCUT2D eigenvalue weighted by Gasteiger charge is 2.58. The maximum atomic E-state index is 13.9. The van der Waals surface area contributed by atoms with E-state index in [1.54, 1.807) is 18.4 Å². The fourth-order valence-electron chi connectivity index (χ4n) is 7.01. The number of allylic oxidation sites excluding steroid dienone is 2. The van der Waals surface area contributed by atoms with Crippen molar-refractivity contribution in [3.63, 3.8) is 0 Å². The molecule has 4 rings (SSSR count). The second-order valence-electron chi connectivity index (χ2n) is 14.1. The molecule has 0 aromatic carbocycles. The molecule has 9 atom stereocenters. The third kappa shape index (κ3) is 11.7. The van der Waals surface area contributed by atoms with Crippen LogP contribution in [0.5, 0.6) is 0 Å². The number of carboxylic acids is 1. The van der Waals surface area contributed by atoms with E-state index in [9.17, 15) is 50.4 Å². The number of carbonyl (C=O) groups excluding carboxylic acids is 1. The molecule has 1 aliphatic carbocycles. The van der Waals surface area contributed by atoms with Gasteiger partial charge in [-0.25, -0.2) is 9.59 Å². The van der Waals surface area contributed by atoms with E-state index in [4.69, 9.17) is 29.4 Å². The molecule has 20 heteroatoms. The van der Waals surface area contributed by atoms with Crippen LogP contribution in [0.1, 0.15) is 38.5 Å². The van der Waals surface area contributed by atoms with Crippen molar-refractivity contribution in [1.82, 2.24) is 10.6 Å². The van der Waals surface area contributed by atoms with Crippen LogP contribution in [-0.4, -0.2) is 161 Å². The van der Waals surface area contributed by atoms with Gasteiger partial charge in [-0.1, -0.05) is 24.6 Å². The molecule has 1 saturated heterocycles. The Morgan fingerprint density at radius 2 is 1.89 bits per heavy atom. The van der Waals surface area contributed by atoms with Crippen molar-refractivity contribution < 1.29 is 79.0 Å². The quantitative estimate of drug-likeness (QED) is 0.0149. The number of likely N-dealkylation sites (N-methyl/N-ethyl adjacent to an activating group) is 1. The Morgan fingerprint density at radius 3 is 2.51 bits per heavy atom. The minimum Gasteiger partial charge on any atom is -0.478 e. The first-order chi connectivity index (χ1) is 27.3. The fourth-order valence-corrected chi connectivity index (χ4v) is 7.01. The summed E-state index contributed by atoms with van der Waals surface area (Å²) in [6.45, 7) is 2.40. The Hall–Kier alpha value is -3.77. The maximum absolute atomic E-state index is 13.9. The topological polar surface area (TPSA) is 309 Å². The van der Waals surface area contributed by atoms with E-state index in [0.29, 0.717) is 29.7 Å². The van der Waals surface area contributed by atoms with Gasteiger partial charge in [0.05, 0.1) is 48.8 Å². The SMILES string of the molecule is C=CC1C(OC2OC(CO)C(O)C(O)(O)C2OC(CO)NC)OC=C(C(=O)OC2CCCCC2)C1C=CC1=C[NH+](CCO)CC(C(=O)O)=C1NC(N)=NCCCO. The van der Waals surface area contributed by atoms with Gasteiger partial charge in [0.25, 0.3) is 0 Å². The molecule has 0 amide bonds. The first kappa shape index (κ1) is 45.9. The number of guanidine groups is 1. The van der Waals surface area contributed by atoms with E-state index in [1.165, 1.54) is 13.1 Å². The summed E-state index contributed by atoms with van der Waals surface area (Å²) in [6, 6.07) is 0. The number of aliphatic hydroxyl groups is 7. The lowest BCUT2D eigenvalue weighted by atomic mass is 9.83. The van der Waals surface area contributed by atoms with Gasteiger partial charge in [-0.15, -0.1) is 6.58 Å². The van der Waals surface area contributed by atoms with Gasteiger partial charge in [-0.3, -0.25) is 10.3 Å². The van der Waals surface area contributed by atoms with Crippen LogP contribution >= 0.6 is 0 Å². The van der Waals surface area contributed by atoms with E-state index < -0.39 is 79.9 Å². The lowest BCUT2D eigenvalue weighted by Crippen LogP contribution is -3.09. The number of aliphatic hydroxyl groups excluding tert-OH is 5. The number of quaternary nitrogens is 1. The van der Waals surface area contributed by atoms with Crippen LogP contribution in [0.2, 0.25) is 0 Å². The van der Waals surface area contributed by atoms with E-state index in [-0.39, 0.29) is 61.8 Å². The minimum absolute atomic E-state index is 0.0170. The number of carboxylic acid groups (broad SMARTS) is 1. The Bertz CT molecular complexity index is 1520. The van der Waals surface area contributed by atoms with Crippen LogP contribution in [0, 0.1) is 11.8 Å². The summed E-state index contributed by atoms with van der Waals surface area (Å²) < 4.78 is 29.4. The molecule has 13 N–H and O–H groups in total. The molecule has 1 saturated carbocycles. The fraction of sp³-hybridized carbons (Fsp3) is 0.649. The zero-order valence-corrected chi connectivity index (χ0v) is 31.9. The molecule has 2 fully saturated rings. The van der Waals surface area contributed by atoms with E-state index in [1.807, 2.05) is 0 Å². The van der Waals surface area contributed by atoms with E-state index in [2.05, 4.69) is 22.2 Å². The normalized spacial score (nSPS) is 30.3. The van der Waals surface area contributed by atoms with Crippen LogP contribution in [0.4, 0.5) is 0 Å². The monoisotopic (exact) mass is 812 g/mol. The molecule has 3 aliphatic heterocycles. The van der Waals surface area contributed by atoms with Crippen molar-refractivity contribution in [1.29, 1.82) is 0 Å². The van der Waals surface area contributed by atoms with Gasteiger partial charge >= 0.3 is 11.9 Å². The lowest BCUT2D eigenvalue weighted by molar-refractivity contribution is -0.843. The second-order valence-corrected chi connectivity index (χ2v) is 14.1. The van der Waals surface area contributed by atoms with Crippen LogP contribution in [-0.2, 0) is 33.3 Å². The van der Waals surface area contributed by atoms with Crippen molar-refractivity contribution >= 4 is 17.9 Å². The number of hydrogen-bond donors (Lipinski definition) is 12. The number of ether oxygens (including phenoxy) is 5. The summed E-state index contributed by atoms with van der Waals surface area (Å²) >= 11 is 0. The Morgan fingerprint density at radius 1 is 1.16 bits per heavy atom. The second kappa shape index (κ2) is 21.8. The highest BCUT2D eigenvalue weighted by molar-refractivity contribution is 5.92. The molecule has 0 bridgehead atoms. The number of nitrogens with zero attached hydrogens (tertiary/aromatic N) is 1. The van der Waals surface area contributed by atoms with Gasteiger partial charge < -0.3 is 80.5 Å². The average molecular weight is 813 g/mol. The first-order valence-corrected chi connectivity index (χ1v) is 19.0. The number of esters is 1. The van der Waals surface area contributed by atoms with Crippen LogP contribution in [0.15, 0.2) is 64.7 Å². The number of carbonyl (C=O) groups is 2. The number of aliphatic imine (C=N–C) groups is 1. The minimum atomic E-state index is -3.07. The average Bonchev–Trinajstić information content (AvgIpc) is 3.19. The Balaban J connectivity index is 1.77. The molecule has 0 spiro atoms. The molecule has 3 heterocycles. The largest absolute Gasteiger partial charge is 0.478 e. The predicted molar refractivity (Wildman–Crippen MR) is 199 cm³/mol. The van der Waals surface area contributed by atoms with Crippen LogP contribution < -0.4 is 21.3 Å². The van der Waals surface area contributed by atoms with E-state index >= 15 is 0 Å². The van der Waals surface area contributed by atoms with Gasteiger partial charge in [0.1, 0.15) is 49.4 Å². The predicted octanol–water partition coefficient (Wildman–Crippen LogP) is -3.82. The molecule has 4 aliphatic rings. The third-order valence-corrected chi connectivity index (χ3v) is 10.1. The molecule has 0 aromatic heterocycles. The first-order valence-electron chi connectivity index (χ1n) is 19.0. The van der Waals surface area contributed by atoms with Crippen molar-refractivity contribution in [2.45, 2.75) is 87.5 Å². The van der Waals surface area contributed by atoms with Gasteiger partial charge in [0.15, 0.2) is 18.4 Å². The summed E-state index contributed by atoms with van der Waals surface area (Å²) in [6.07, 6.45) is 1.66. The van der Waals surface area contributed by atoms with Crippen LogP contribution in [0.3, 0.4) is 0 Å². The van der Waals surface area contributed by atoms with Crippen molar-refractivity contribution in [2.24, 2.45) is 22.6 Å². The lowest BCUT2D eigenvalue weighted by Gasteiger charge is -2.48. The number of rotatable bonds is 19. The van der Waals surface area contributed by atoms with Gasteiger partial charge in [-0.05, 0) is 39.2 Å². The number of hydrogen-bond acceptors (Lipinski definition) is 16. The van der Waals surface area contributed by atoms with Crippen molar-refractivity contribution in [2.75, 3.05) is 53.1 Å². The Labute approximate surface area is 330 Å². The van der Waals surface area contributed by atoms with Gasteiger partial charge in [0, 0.05) is 19.1 Å². The molecule has 20 nitrogen and oxygen atoms in total. The summed E-state index contributed by atoms with van der Waals surface area (Å²) in [5, 5.41) is 87.0. The number of nitrogens with one attached hydrogen (secondary N) is 3. The molecule has 9 unspecified atom stereocenters. The molecule has 0 aromatic rings. The highest BCUT2D eigenvalue weighted by Crippen LogP contribution is 2.39. The third-order valence-electron chi connectivity index (χ3n) is 10.1. The number of aliphatic carboxylic acids is 1. The summed E-state index contributed by atoms with van der Waals surface area (Å²) in [4.78, 5) is 31.2. The summed E-state index contributed by atoms with van der Waals surface area (Å²) in [5.74, 6) is -7.04. The highest BCUT2D eigenvalue weighted by atomic mass is 16.8.